The topological polar surface area (TPSA) is 42.1 Å². The molecule has 1 aliphatic rings. The molecule has 1 aliphatic heterocycles. The van der Waals surface area contributed by atoms with Gasteiger partial charge in [0.05, 0.1) is 5.52 Å². The standard InChI is InChI=1S/C17H23N3/c1-11-5-6-14-12(9-11)16(17(2,3)18)13-10-20(4)8-7-15(13)19-14/h5-6,9H,7-8,10,18H2,1-4H3. The van der Waals surface area contributed by atoms with Gasteiger partial charge in [-0.1, -0.05) is 11.6 Å². The van der Waals surface area contributed by atoms with Crippen LogP contribution in [-0.2, 0) is 18.5 Å². The van der Waals surface area contributed by atoms with Crippen LogP contribution < -0.4 is 5.73 Å². The SMILES string of the molecule is Cc1ccc2nc3c(c(C(C)(C)N)c2c1)CN(C)CC3. The van der Waals surface area contributed by atoms with Gasteiger partial charge in [-0.2, -0.15) is 0 Å². The Hall–Kier alpha value is -1.45. The average Bonchev–Trinajstić information content (AvgIpc) is 2.34. The zero-order chi connectivity index (χ0) is 14.5. The second-order valence-corrected chi connectivity index (χ2v) is 6.64. The third-order valence-corrected chi connectivity index (χ3v) is 4.13. The molecule has 0 spiro atoms. The fraction of sp³-hybridized carbons (Fsp3) is 0.471. The molecule has 20 heavy (non-hydrogen) atoms. The molecule has 0 amide bonds. The van der Waals surface area contributed by atoms with Crippen LogP contribution in [0.15, 0.2) is 18.2 Å². The summed E-state index contributed by atoms with van der Waals surface area (Å²) in [5.74, 6) is 0. The molecule has 3 nitrogen and oxygen atoms in total. The number of nitrogens with two attached hydrogens (primary N) is 1. The summed E-state index contributed by atoms with van der Waals surface area (Å²) in [6, 6.07) is 6.48. The second kappa shape index (κ2) is 4.54. The largest absolute Gasteiger partial charge is 0.322 e. The van der Waals surface area contributed by atoms with E-state index in [0.717, 1.165) is 25.0 Å². The number of benzene rings is 1. The van der Waals surface area contributed by atoms with Gasteiger partial charge in [-0.15, -0.1) is 0 Å². The third kappa shape index (κ3) is 2.21. The van der Waals surface area contributed by atoms with E-state index in [9.17, 15) is 0 Å². The van der Waals surface area contributed by atoms with Gasteiger partial charge in [-0.25, -0.2) is 0 Å². The second-order valence-electron chi connectivity index (χ2n) is 6.64. The Labute approximate surface area is 120 Å². The molecule has 0 fully saturated rings. The first kappa shape index (κ1) is 13.5. The van der Waals surface area contributed by atoms with Crippen molar-refractivity contribution in [1.29, 1.82) is 0 Å². The van der Waals surface area contributed by atoms with E-state index < -0.39 is 0 Å². The quantitative estimate of drug-likeness (QED) is 0.865. The van der Waals surface area contributed by atoms with E-state index in [1.807, 2.05) is 0 Å². The van der Waals surface area contributed by atoms with Crippen LogP contribution in [0.5, 0.6) is 0 Å². The zero-order valence-electron chi connectivity index (χ0n) is 12.8. The van der Waals surface area contributed by atoms with Crippen molar-refractivity contribution in [2.75, 3.05) is 13.6 Å². The summed E-state index contributed by atoms with van der Waals surface area (Å²) in [4.78, 5) is 7.23. The Morgan fingerprint density at radius 2 is 2.05 bits per heavy atom. The minimum Gasteiger partial charge on any atom is -0.322 e. The highest BCUT2D eigenvalue weighted by Crippen LogP contribution is 2.34. The van der Waals surface area contributed by atoms with Crippen LogP contribution in [0.25, 0.3) is 10.9 Å². The van der Waals surface area contributed by atoms with Crippen LogP contribution in [0.2, 0.25) is 0 Å². The van der Waals surface area contributed by atoms with Gasteiger partial charge >= 0.3 is 0 Å². The van der Waals surface area contributed by atoms with E-state index >= 15 is 0 Å². The van der Waals surface area contributed by atoms with E-state index in [1.165, 1.54) is 27.8 Å². The van der Waals surface area contributed by atoms with Crippen molar-refractivity contribution >= 4 is 10.9 Å². The van der Waals surface area contributed by atoms with Crippen molar-refractivity contribution < 1.29 is 0 Å². The van der Waals surface area contributed by atoms with Crippen molar-refractivity contribution in [2.45, 2.75) is 39.3 Å². The summed E-state index contributed by atoms with van der Waals surface area (Å²) in [6.07, 6.45) is 1.01. The number of nitrogens with zero attached hydrogens (tertiary/aromatic N) is 2. The first-order chi connectivity index (χ1) is 9.36. The van der Waals surface area contributed by atoms with Crippen LogP contribution in [-0.4, -0.2) is 23.5 Å². The molecule has 0 atom stereocenters. The van der Waals surface area contributed by atoms with Gasteiger partial charge in [-0.05, 0) is 51.1 Å². The molecule has 1 aromatic carbocycles. The maximum Gasteiger partial charge on any atom is 0.0709 e. The van der Waals surface area contributed by atoms with E-state index in [-0.39, 0.29) is 5.54 Å². The van der Waals surface area contributed by atoms with Gasteiger partial charge in [0.1, 0.15) is 0 Å². The lowest BCUT2D eigenvalue weighted by atomic mass is 9.84. The average molecular weight is 269 g/mol. The Balaban J connectivity index is 2.38. The molecular weight excluding hydrogens is 246 g/mol. The first-order valence-electron chi connectivity index (χ1n) is 7.26. The lowest BCUT2D eigenvalue weighted by Gasteiger charge is -2.32. The number of pyridine rings is 1. The Kier molecular flexibility index (Phi) is 3.07. The molecule has 3 heteroatoms. The monoisotopic (exact) mass is 269 g/mol. The summed E-state index contributed by atoms with van der Waals surface area (Å²) in [5.41, 5.74) is 12.3. The van der Waals surface area contributed by atoms with Crippen molar-refractivity contribution in [3.05, 3.63) is 40.6 Å². The molecule has 0 unspecified atom stereocenters. The molecule has 1 aromatic heterocycles. The molecule has 0 saturated carbocycles. The summed E-state index contributed by atoms with van der Waals surface area (Å²) >= 11 is 0. The highest BCUT2D eigenvalue weighted by atomic mass is 15.1. The highest BCUT2D eigenvalue weighted by molar-refractivity contribution is 5.85. The molecule has 3 rings (SSSR count). The van der Waals surface area contributed by atoms with Crippen LogP contribution in [0.3, 0.4) is 0 Å². The van der Waals surface area contributed by atoms with Crippen molar-refractivity contribution in [3.8, 4) is 0 Å². The molecule has 0 bridgehead atoms. The van der Waals surface area contributed by atoms with E-state index in [4.69, 9.17) is 10.7 Å². The molecule has 2 aromatic rings. The minimum absolute atomic E-state index is 0.350. The summed E-state index contributed by atoms with van der Waals surface area (Å²) in [5, 5.41) is 1.21. The number of hydrogen-bond donors (Lipinski definition) is 1. The Morgan fingerprint density at radius 1 is 1.30 bits per heavy atom. The van der Waals surface area contributed by atoms with Gasteiger partial charge < -0.3 is 10.6 Å². The number of fused-ring (bicyclic) bond motifs is 2. The third-order valence-electron chi connectivity index (χ3n) is 4.13. The fourth-order valence-electron chi connectivity index (χ4n) is 3.23. The molecule has 106 valence electrons. The van der Waals surface area contributed by atoms with E-state index in [2.05, 4.69) is 50.9 Å². The van der Waals surface area contributed by atoms with E-state index in [1.54, 1.807) is 0 Å². The van der Waals surface area contributed by atoms with Crippen molar-refractivity contribution in [1.82, 2.24) is 9.88 Å². The molecule has 2 N–H and O–H groups in total. The zero-order valence-corrected chi connectivity index (χ0v) is 12.8. The lowest BCUT2D eigenvalue weighted by molar-refractivity contribution is 0.306. The molecule has 2 heterocycles. The molecule has 0 aliphatic carbocycles. The number of hydrogen-bond acceptors (Lipinski definition) is 3. The van der Waals surface area contributed by atoms with E-state index in [0.29, 0.717) is 0 Å². The van der Waals surface area contributed by atoms with Gasteiger partial charge in [0, 0.05) is 36.1 Å². The van der Waals surface area contributed by atoms with Crippen LogP contribution >= 0.6 is 0 Å². The van der Waals surface area contributed by atoms with Crippen LogP contribution in [0, 0.1) is 6.92 Å². The number of rotatable bonds is 1. The smallest absolute Gasteiger partial charge is 0.0709 e. The molecule has 0 saturated heterocycles. The Bertz CT molecular complexity index is 668. The summed E-state index contributed by atoms with van der Waals surface area (Å²) < 4.78 is 0. The number of aryl methyl sites for hydroxylation is 1. The minimum atomic E-state index is -0.350. The van der Waals surface area contributed by atoms with Crippen LogP contribution in [0.1, 0.15) is 36.2 Å². The maximum atomic E-state index is 6.50. The fourth-order valence-corrected chi connectivity index (χ4v) is 3.23. The van der Waals surface area contributed by atoms with Gasteiger partial charge in [0.2, 0.25) is 0 Å². The molecule has 0 radical (unpaired) electrons. The van der Waals surface area contributed by atoms with Crippen LogP contribution in [0.4, 0.5) is 0 Å². The maximum absolute atomic E-state index is 6.50. The predicted molar refractivity (Wildman–Crippen MR) is 83.7 cm³/mol. The van der Waals surface area contributed by atoms with Crippen molar-refractivity contribution in [2.24, 2.45) is 5.73 Å². The van der Waals surface area contributed by atoms with Gasteiger partial charge in [0.15, 0.2) is 0 Å². The number of aromatic nitrogens is 1. The van der Waals surface area contributed by atoms with Gasteiger partial charge in [-0.3, -0.25) is 4.98 Å². The lowest BCUT2D eigenvalue weighted by Crippen LogP contribution is -2.35. The number of likely N-dealkylation sites (N-methyl/N-ethyl adjacent to an activating group) is 1. The Morgan fingerprint density at radius 3 is 2.75 bits per heavy atom. The summed E-state index contributed by atoms with van der Waals surface area (Å²) in [7, 11) is 2.16. The summed E-state index contributed by atoms with van der Waals surface area (Å²) in [6.45, 7) is 8.33. The van der Waals surface area contributed by atoms with Crippen molar-refractivity contribution in [3.63, 3.8) is 0 Å². The first-order valence-corrected chi connectivity index (χ1v) is 7.26. The predicted octanol–water partition coefficient (Wildman–Crippen LogP) is 2.72. The molecular formula is C17H23N3. The normalized spacial score (nSPS) is 16.4. The van der Waals surface area contributed by atoms with Gasteiger partial charge in [0.25, 0.3) is 0 Å². The highest BCUT2D eigenvalue weighted by Gasteiger charge is 2.27.